The highest BCUT2D eigenvalue weighted by Crippen LogP contribution is 2.45. The lowest BCUT2D eigenvalue weighted by molar-refractivity contribution is 0.669. The van der Waals surface area contributed by atoms with Crippen molar-refractivity contribution in [2.24, 2.45) is 0 Å². The van der Waals surface area contributed by atoms with E-state index in [-0.39, 0.29) is 0 Å². The van der Waals surface area contributed by atoms with Crippen molar-refractivity contribution in [1.29, 1.82) is 0 Å². The average molecular weight is 625 g/mol. The highest BCUT2D eigenvalue weighted by Gasteiger charge is 2.18. The van der Waals surface area contributed by atoms with E-state index in [0.717, 1.165) is 0 Å². The molecule has 0 saturated carbocycles. The van der Waals surface area contributed by atoms with Crippen molar-refractivity contribution in [2.45, 2.75) is 0 Å². The van der Waals surface area contributed by atoms with E-state index in [1.54, 1.807) is 0 Å². The fraction of sp³-hybridized carbons (Fsp3) is 0. The van der Waals surface area contributed by atoms with Crippen LogP contribution in [0.3, 0.4) is 0 Å². The van der Waals surface area contributed by atoms with Crippen molar-refractivity contribution in [3.05, 3.63) is 169 Å². The first-order chi connectivity index (χ1) is 35.0. The Morgan fingerprint density at radius 2 is 0.787 bits per heavy atom. The lowest BCUT2D eigenvalue weighted by Crippen LogP contribution is -1.91. The van der Waals surface area contributed by atoms with Gasteiger partial charge >= 0.3 is 0 Å². The van der Waals surface area contributed by atoms with E-state index in [1.165, 1.54) is 0 Å². The summed E-state index contributed by atoms with van der Waals surface area (Å²) >= 11 is 0. The number of rotatable bonds is 3. The fourth-order valence-corrected chi connectivity index (χ4v) is 5.77. The molecule has 218 valence electrons. The van der Waals surface area contributed by atoms with Gasteiger partial charge in [-0.25, -0.2) is 0 Å². The maximum Gasteiger partial charge on any atom is 0.135 e. The summed E-state index contributed by atoms with van der Waals surface area (Å²) in [6, 6.07) is -25.8. The topological polar surface area (TPSA) is 13.1 Å². The molecule has 0 aliphatic carbocycles. The van der Waals surface area contributed by atoms with Gasteiger partial charge in [0.25, 0.3) is 0 Å². The summed E-state index contributed by atoms with van der Waals surface area (Å²) in [6.07, 6.45) is 0. The van der Waals surface area contributed by atoms with Crippen molar-refractivity contribution >= 4 is 65.0 Å². The quantitative estimate of drug-likeness (QED) is 0.141. The average Bonchev–Trinajstić information content (AvgIpc) is 3.85. The zero-order valence-corrected chi connectivity index (χ0v) is 23.4. The van der Waals surface area contributed by atoms with Crippen LogP contribution in [0.5, 0.6) is 0 Å². The molecule has 9 aromatic carbocycles. The second-order valence-electron chi connectivity index (χ2n) is 10.3. The van der Waals surface area contributed by atoms with Gasteiger partial charge in [0.05, 0.1) is 38.4 Å². The molecule has 0 spiro atoms. The van der Waals surface area contributed by atoms with Gasteiger partial charge in [-0.1, -0.05) is 145 Å². The lowest BCUT2D eigenvalue weighted by Gasteiger charge is -2.18. The molecule has 0 bridgehead atoms. The number of para-hydroxylation sites is 1. The molecule has 1 nitrogen and oxygen atoms in total. The SMILES string of the molecule is [2H]c1c([2H])c(-c2c([2H])c3c([2H])c([2H])c([2H])c([2H])c3c3c([2H])c([2H])c([2H])c([2H])c23)c([2H])c([2H])c1-c1c2c([2H])c([2H])c([2H])c([2H])c2c(-c2c([2H])c([2H])c3oc4c([2H])c([2H])c([2H])c([2H])c4c3c2[2H])c2c([2H])c([2H])c([2H])c([2H])c12. The van der Waals surface area contributed by atoms with Crippen LogP contribution in [0.25, 0.3) is 98.4 Å². The molecule has 0 radical (unpaired) electrons. The van der Waals surface area contributed by atoms with Crippen LogP contribution in [-0.4, -0.2) is 0 Å². The van der Waals surface area contributed by atoms with Crippen molar-refractivity contribution < 1.29 is 42.8 Å². The molecule has 0 unspecified atom stereocenters. The molecule has 47 heavy (non-hydrogen) atoms. The van der Waals surface area contributed by atoms with E-state index < -0.39 is 268 Å². The summed E-state index contributed by atoms with van der Waals surface area (Å²) in [5.74, 6) is 0. The Bertz CT molecular complexity index is 4330. The molecule has 0 atom stereocenters. The van der Waals surface area contributed by atoms with Crippen LogP contribution in [0.2, 0.25) is 0 Å². The molecule has 0 aliphatic rings. The molecular formula is C46H28O. The minimum Gasteiger partial charge on any atom is -0.456 e. The molecule has 0 fully saturated rings. The van der Waals surface area contributed by atoms with E-state index in [2.05, 4.69) is 0 Å². The molecule has 1 aromatic heterocycles. The molecule has 0 saturated heterocycles. The number of fused-ring (bicyclic) bond motifs is 8. The predicted octanol–water partition coefficient (Wildman–Crippen LogP) is 13.2. The van der Waals surface area contributed by atoms with Gasteiger partial charge in [0, 0.05) is 10.8 Å². The second-order valence-corrected chi connectivity index (χ2v) is 10.3. The summed E-state index contributed by atoms with van der Waals surface area (Å²) in [5.41, 5.74) is -5.79. The Morgan fingerprint density at radius 3 is 1.47 bits per heavy atom. The van der Waals surface area contributed by atoms with Gasteiger partial charge in [0.15, 0.2) is 0 Å². The third-order valence-electron chi connectivity index (χ3n) is 7.76. The maximum atomic E-state index is 9.67. The van der Waals surface area contributed by atoms with Gasteiger partial charge in [-0.3, -0.25) is 0 Å². The smallest absolute Gasteiger partial charge is 0.135 e. The predicted molar refractivity (Wildman–Crippen MR) is 200 cm³/mol. The first kappa shape index (κ1) is 10.7. The number of benzene rings is 9. The van der Waals surface area contributed by atoms with Gasteiger partial charge in [0.2, 0.25) is 0 Å². The van der Waals surface area contributed by atoms with Gasteiger partial charge in [-0.15, -0.1) is 0 Å². The van der Waals surface area contributed by atoms with Crippen molar-refractivity contribution in [3.8, 4) is 33.4 Å². The number of hydrogen-bond donors (Lipinski definition) is 0. The van der Waals surface area contributed by atoms with E-state index in [4.69, 9.17) is 27.7 Å². The molecule has 10 rings (SSSR count). The van der Waals surface area contributed by atoms with Crippen LogP contribution < -0.4 is 0 Å². The minimum atomic E-state index is -1.12. The van der Waals surface area contributed by atoms with E-state index in [1.807, 2.05) is 0 Å². The molecule has 10 aromatic rings. The summed E-state index contributed by atoms with van der Waals surface area (Å²) in [4.78, 5) is 0. The molecule has 0 aliphatic heterocycles. The largest absolute Gasteiger partial charge is 0.456 e. The van der Waals surface area contributed by atoms with E-state index in [9.17, 15) is 15.1 Å². The van der Waals surface area contributed by atoms with Crippen LogP contribution in [0.4, 0.5) is 0 Å². The second kappa shape index (κ2) is 10.2. The Labute approximate surface area is 311 Å². The Balaban J connectivity index is 1.46. The lowest BCUT2D eigenvalue weighted by atomic mass is 9.85. The summed E-state index contributed by atoms with van der Waals surface area (Å²) in [7, 11) is 0. The highest BCUT2D eigenvalue weighted by molar-refractivity contribution is 6.22. The molecular weight excluding hydrogens is 569 g/mol. The summed E-state index contributed by atoms with van der Waals surface area (Å²) < 4.78 is 258. The van der Waals surface area contributed by atoms with Gasteiger partial charge in [-0.05, 0) is 101 Å². The standard InChI is InChI=1S/C46H28O/c1-2-12-33-31(11-1)27-41(35-14-4-3-13-34(33)35)29-21-23-30(24-22-29)45-37-16-5-7-18-39(37)46(40-19-8-6-17-38(40)45)32-25-26-44-42(28-32)36-15-9-10-20-43(36)47-44/h1-28H/i1D,2D,3D,4D,5D,6D,7D,8D,9D,10D,11D,12D,13D,14D,15D,16D,17D,18D,19D,20D,21D,22D,23D,24D,25D,26D,27D,28D. The minimum absolute atomic E-state index is 0.431. The zero-order valence-electron chi connectivity index (χ0n) is 51.4. The maximum absolute atomic E-state index is 9.67. The Kier molecular flexibility index (Phi) is 2.31. The zero-order chi connectivity index (χ0) is 55.3. The third kappa shape index (κ3) is 3.97. The van der Waals surface area contributed by atoms with E-state index in [0.29, 0.717) is 0 Å². The van der Waals surface area contributed by atoms with Gasteiger partial charge in [0.1, 0.15) is 11.2 Å². The van der Waals surface area contributed by atoms with Crippen LogP contribution in [-0.2, 0) is 0 Å². The first-order valence-electron chi connectivity index (χ1n) is 27.9. The van der Waals surface area contributed by atoms with Crippen LogP contribution in [0.15, 0.2) is 174 Å². The summed E-state index contributed by atoms with van der Waals surface area (Å²) in [6.45, 7) is 0. The summed E-state index contributed by atoms with van der Waals surface area (Å²) in [5, 5.41) is -6.21. The highest BCUT2D eigenvalue weighted by atomic mass is 16.3. The molecule has 0 amide bonds. The van der Waals surface area contributed by atoms with Crippen molar-refractivity contribution in [2.75, 3.05) is 0 Å². The monoisotopic (exact) mass is 624 g/mol. The Morgan fingerprint density at radius 1 is 0.319 bits per heavy atom. The van der Waals surface area contributed by atoms with Crippen LogP contribution >= 0.6 is 0 Å². The molecule has 0 N–H and O–H groups in total. The number of furan rings is 1. The van der Waals surface area contributed by atoms with Crippen LogP contribution in [0.1, 0.15) is 38.4 Å². The third-order valence-corrected chi connectivity index (χ3v) is 7.76. The Hall–Kier alpha value is -6.18. The number of hydrogen-bond acceptors (Lipinski definition) is 1. The van der Waals surface area contributed by atoms with Gasteiger partial charge < -0.3 is 4.42 Å². The van der Waals surface area contributed by atoms with Crippen molar-refractivity contribution in [1.82, 2.24) is 0 Å². The fourth-order valence-electron chi connectivity index (χ4n) is 5.77. The normalized spacial score (nSPS) is 20.2. The molecule has 1 heterocycles. The van der Waals surface area contributed by atoms with Crippen LogP contribution in [0, 0.1) is 0 Å². The first-order valence-corrected chi connectivity index (χ1v) is 13.9. The van der Waals surface area contributed by atoms with Crippen molar-refractivity contribution in [3.63, 3.8) is 0 Å². The van der Waals surface area contributed by atoms with Gasteiger partial charge in [-0.2, -0.15) is 0 Å². The van der Waals surface area contributed by atoms with E-state index >= 15 is 0 Å². The molecule has 1 heteroatoms.